The van der Waals surface area contributed by atoms with Crippen LogP contribution in [0.25, 0.3) is 0 Å². The van der Waals surface area contributed by atoms with Crippen LogP contribution in [0.2, 0.25) is 0 Å². The second-order valence-electron chi connectivity index (χ2n) is 6.66. The van der Waals surface area contributed by atoms with Crippen molar-refractivity contribution in [3.8, 4) is 0 Å². The topological polar surface area (TPSA) is 66.6 Å². The van der Waals surface area contributed by atoms with Gasteiger partial charge in [0.15, 0.2) is 0 Å². The Hall–Kier alpha value is 0.120. The number of rotatable bonds is 2. The fourth-order valence-electron chi connectivity index (χ4n) is 4.10. The maximum absolute atomic E-state index is 12.8. The SMILES string of the molecule is Cl.NC1CCCC2CN(S(=O)(=O)N3CCCCCC3)CC12. The molecular formula is C14H28ClN3O2S. The Bertz CT molecular complexity index is 438. The summed E-state index contributed by atoms with van der Waals surface area (Å²) in [5.74, 6) is 0.867. The summed E-state index contributed by atoms with van der Waals surface area (Å²) in [6.07, 6.45) is 7.66. The molecule has 1 saturated carbocycles. The van der Waals surface area contributed by atoms with Gasteiger partial charge in [0.25, 0.3) is 10.2 Å². The first kappa shape index (κ1) is 17.5. The van der Waals surface area contributed by atoms with E-state index in [1.165, 1.54) is 0 Å². The van der Waals surface area contributed by atoms with Gasteiger partial charge in [-0.25, -0.2) is 0 Å². The van der Waals surface area contributed by atoms with Crippen LogP contribution in [-0.2, 0) is 10.2 Å². The van der Waals surface area contributed by atoms with E-state index in [4.69, 9.17) is 5.73 Å². The molecule has 0 aromatic carbocycles. The molecule has 1 aliphatic carbocycles. The van der Waals surface area contributed by atoms with E-state index >= 15 is 0 Å². The van der Waals surface area contributed by atoms with E-state index in [0.717, 1.165) is 44.9 Å². The van der Waals surface area contributed by atoms with E-state index in [0.29, 0.717) is 38.0 Å². The van der Waals surface area contributed by atoms with E-state index in [2.05, 4.69) is 0 Å². The predicted octanol–water partition coefficient (Wildman–Crippen LogP) is 1.59. The first-order valence-electron chi connectivity index (χ1n) is 8.10. The minimum absolute atomic E-state index is 0. The fraction of sp³-hybridized carbons (Fsp3) is 1.00. The van der Waals surface area contributed by atoms with Crippen LogP contribution in [0.3, 0.4) is 0 Å². The summed E-state index contributed by atoms with van der Waals surface area (Å²) in [4.78, 5) is 0. The van der Waals surface area contributed by atoms with Gasteiger partial charge in [-0.2, -0.15) is 17.0 Å². The Kier molecular flexibility index (Phi) is 5.93. The van der Waals surface area contributed by atoms with Crippen molar-refractivity contribution in [3.05, 3.63) is 0 Å². The van der Waals surface area contributed by atoms with Gasteiger partial charge in [0.2, 0.25) is 0 Å². The number of hydrogen-bond donors (Lipinski definition) is 1. The van der Waals surface area contributed by atoms with E-state index in [9.17, 15) is 8.42 Å². The summed E-state index contributed by atoms with van der Waals surface area (Å²) >= 11 is 0. The summed E-state index contributed by atoms with van der Waals surface area (Å²) in [5, 5.41) is 0. The smallest absolute Gasteiger partial charge is 0.281 e. The van der Waals surface area contributed by atoms with Crippen molar-refractivity contribution in [1.82, 2.24) is 8.61 Å². The molecule has 0 spiro atoms. The molecule has 3 atom stereocenters. The molecule has 0 aromatic rings. The minimum Gasteiger partial charge on any atom is -0.327 e. The lowest BCUT2D eigenvalue weighted by atomic mass is 9.78. The molecule has 3 unspecified atom stereocenters. The molecule has 2 saturated heterocycles. The van der Waals surface area contributed by atoms with Crippen LogP contribution in [-0.4, -0.2) is 49.2 Å². The summed E-state index contributed by atoms with van der Waals surface area (Å²) in [7, 11) is -3.26. The maximum atomic E-state index is 12.8. The third-order valence-corrected chi connectivity index (χ3v) is 7.31. The third kappa shape index (κ3) is 3.55. The van der Waals surface area contributed by atoms with Gasteiger partial charge >= 0.3 is 0 Å². The maximum Gasteiger partial charge on any atom is 0.281 e. The highest BCUT2D eigenvalue weighted by Gasteiger charge is 2.44. The number of fused-ring (bicyclic) bond motifs is 1. The lowest BCUT2D eigenvalue weighted by Gasteiger charge is -2.29. The molecule has 2 N–H and O–H groups in total. The molecule has 0 amide bonds. The molecule has 2 heterocycles. The lowest BCUT2D eigenvalue weighted by molar-refractivity contribution is 0.260. The Morgan fingerprint density at radius 1 is 0.857 bits per heavy atom. The van der Waals surface area contributed by atoms with Gasteiger partial charge in [0, 0.05) is 32.2 Å². The quantitative estimate of drug-likeness (QED) is 0.832. The van der Waals surface area contributed by atoms with Crippen LogP contribution >= 0.6 is 12.4 Å². The van der Waals surface area contributed by atoms with E-state index < -0.39 is 10.2 Å². The minimum atomic E-state index is -3.26. The van der Waals surface area contributed by atoms with Crippen LogP contribution in [0.4, 0.5) is 0 Å². The standard InChI is InChI=1S/C14H27N3O2S.ClH/c15-14-7-5-6-12-10-17(11-13(12)14)20(18,19)16-8-3-1-2-4-9-16;/h12-14H,1-11,15H2;1H. The third-order valence-electron chi connectivity index (χ3n) is 5.34. The van der Waals surface area contributed by atoms with Crippen LogP contribution in [0.15, 0.2) is 0 Å². The van der Waals surface area contributed by atoms with Gasteiger partial charge in [0.1, 0.15) is 0 Å². The zero-order valence-corrected chi connectivity index (χ0v) is 14.2. The van der Waals surface area contributed by atoms with E-state index in [-0.39, 0.29) is 18.4 Å². The first-order chi connectivity index (χ1) is 9.59. The second kappa shape index (κ2) is 7.13. The zero-order chi connectivity index (χ0) is 14.2. The molecule has 0 aromatic heterocycles. The number of hydrogen-bond acceptors (Lipinski definition) is 3. The average Bonchev–Trinajstić information content (AvgIpc) is 2.68. The zero-order valence-electron chi connectivity index (χ0n) is 12.6. The summed E-state index contributed by atoms with van der Waals surface area (Å²) in [6, 6.07) is 0.193. The monoisotopic (exact) mass is 337 g/mol. The van der Waals surface area contributed by atoms with Gasteiger partial charge in [-0.1, -0.05) is 19.3 Å². The molecule has 7 heteroatoms. The number of nitrogens with two attached hydrogens (primary N) is 1. The highest BCUT2D eigenvalue weighted by molar-refractivity contribution is 7.86. The van der Waals surface area contributed by atoms with Crippen molar-refractivity contribution in [3.63, 3.8) is 0 Å². The van der Waals surface area contributed by atoms with Gasteiger partial charge < -0.3 is 5.73 Å². The summed E-state index contributed by atoms with van der Waals surface area (Å²) in [5.41, 5.74) is 6.19. The van der Waals surface area contributed by atoms with Crippen LogP contribution in [0.1, 0.15) is 44.9 Å². The normalized spacial score (nSPS) is 35.8. The predicted molar refractivity (Wildman–Crippen MR) is 86.6 cm³/mol. The molecule has 0 bridgehead atoms. The fourth-order valence-corrected chi connectivity index (χ4v) is 5.89. The Labute approximate surface area is 134 Å². The molecule has 2 aliphatic heterocycles. The molecule has 3 fully saturated rings. The van der Waals surface area contributed by atoms with Gasteiger partial charge in [-0.3, -0.25) is 0 Å². The molecule has 3 aliphatic rings. The van der Waals surface area contributed by atoms with Crippen molar-refractivity contribution in [2.45, 2.75) is 51.0 Å². The Morgan fingerprint density at radius 3 is 2.14 bits per heavy atom. The second-order valence-corrected chi connectivity index (χ2v) is 8.59. The van der Waals surface area contributed by atoms with Gasteiger partial charge in [-0.15, -0.1) is 12.4 Å². The van der Waals surface area contributed by atoms with Crippen molar-refractivity contribution in [2.24, 2.45) is 17.6 Å². The highest BCUT2D eigenvalue weighted by Crippen LogP contribution is 2.37. The molecule has 124 valence electrons. The van der Waals surface area contributed by atoms with Crippen molar-refractivity contribution < 1.29 is 8.42 Å². The van der Waals surface area contributed by atoms with Gasteiger partial charge in [-0.05, 0) is 37.5 Å². The van der Waals surface area contributed by atoms with Crippen molar-refractivity contribution in [2.75, 3.05) is 26.2 Å². The van der Waals surface area contributed by atoms with E-state index in [1.54, 1.807) is 8.61 Å². The largest absolute Gasteiger partial charge is 0.327 e. The van der Waals surface area contributed by atoms with E-state index in [1.807, 2.05) is 0 Å². The molecular weight excluding hydrogens is 310 g/mol. The average molecular weight is 338 g/mol. The Morgan fingerprint density at radius 2 is 1.52 bits per heavy atom. The lowest BCUT2D eigenvalue weighted by Crippen LogP contribution is -2.44. The highest BCUT2D eigenvalue weighted by atomic mass is 35.5. The van der Waals surface area contributed by atoms with Crippen LogP contribution < -0.4 is 5.73 Å². The number of nitrogens with zero attached hydrogens (tertiary/aromatic N) is 2. The molecule has 3 rings (SSSR count). The van der Waals surface area contributed by atoms with Crippen molar-refractivity contribution in [1.29, 1.82) is 0 Å². The molecule has 5 nitrogen and oxygen atoms in total. The van der Waals surface area contributed by atoms with Crippen molar-refractivity contribution >= 4 is 22.6 Å². The van der Waals surface area contributed by atoms with Crippen LogP contribution in [0, 0.1) is 11.8 Å². The summed E-state index contributed by atoms with van der Waals surface area (Å²) < 4.78 is 29.0. The Balaban J connectivity index is 0.00000161. The number of halogens is 1. The first-order valence-corrected chi connectivity index (χ1v) is 9.49. The van der Waals surface area contributed by atoms with Crippen LogP contribution in [0.5, 0.6) is 0 Å². The van der Waals surface area contributed by atoms with Gasteiger partial charge in [0.05, 0.1) is 0 Å². The molecule has 0 radical (unpaired) electrons. The summed E-state index contributed by atoms with van der Waals surface area (Å²) in [6.45, 7) is 2.72. The molecule has 21 heavy (non-hydrogen) atoms.